The van der Waals surface area contributed by atoms with Crippen molar-refractivity contribution in [1.82, 2.24) is 5.43 Å². The van der Waals surface area contributed by atoms with Crippen LogP contribution in [0.2, 0.25) is 0 Å². The van der Waals surface area contributed by atoms with Crippen LogP contribution in [0.1, 0.15) is 26.3 Å². The summed E-state index contributed by atoms with van der Waals surface area (Å²) in [6, 6.07) is 17.0. The van der Waals surface area contributed by atoms with Crippen molar-refractivity contribution in [2.75, 3.05) is 0 Å². The molecule has 0 spiro atoms. The fourth-order valence-corrected chi connectivity index (χ4v) is 3.81. The third-order valence-electron chi connectivity index (χ3n) is 3.95. The topological polar surface area (TPSA) is 111 Å². The van der Waals surface area contributed by atoms with E-state index >= 15 is 0 Å². The van der Waals surface area contributed by atoms with Gasteiger partial charge in [0.25, 0.3) is 11.6 Å². The molecule has 0 bridgehead atoms. The smallest absolute Gasteiger partial charge is 0.343 e. The molecule has 8 nitrogen and oxygen atoms in total. The Morgan fingerprint density at radius 2 is 1.68 bits per heavy atom. The number of nitro benzene ring substituents is 1. The number of amides is 1. The number of hydrogen-bond donors (Lipinski definition) is 1. The van der Waals surface area contributed by atoms with Gasteiger partial charge in [-0.05, 0) is 52.3 Å². The van der Waals surface area contributed by atoms with E-state index in [0.717, 1.165) is 0 Å². The second kappa shape index (κ2) is 10.1. The molecule has 0 unspecified atom stereocenters. The molecule has 0 aliphatic carbocycles. The van der Waals surface area contributed by atoms with E-state index in [0.29, 0.717) is 20.1 Å². The zero-order valence-electron chi connectivity index (χ0n) is 15.6. The van der Waals surface area contributed by atoms with Crippen molar-refractivity contribution in [2.24, 2.45) is 5.10 Å². The molecule has 0 aromatic heterocycles. The summed E-state index contributed by atoms with van der Waals surface area (Å²) in [5.41, 5.74) is 3.22. The number of nitrogens with one attached hydrogen (secondary N) is 1. The number of halogens is 2. The number of benzene rings is 3. The third kappa shape index (κ3) is 5.83. The fourth-order valence-electron chi connectivity index (χ4n) is 2.47. The highest BCUT2D eigenvalue weighted by atomic mass is 79.9. The third-order valence-corrected chi connectivity index (χ3v) is 5.00. The first-order valence-corrected chi connectivity index (χ1v) is 10.3. The number of non-ortho nitro benzene ring substituents is 1. The molecular weight excluding hydrogens is 534 g/mol. The Hall–Kier alpha value is -3.37. The Morgan fingerprint density at radius 3 is 2.32 bits per heavy atom. The first kappa shape index (κ1) is 22.3. The number of ether oxygens (including phenoxy) is 1. The van der Waals surface area contributed by atoms with Crippen molar-refractivity contribution >= 4 is 55.6 Å². The number of nitrogens with zero attached hydrogens (tertiary/aromatic N) is 2. The maximum Gasteiger partial charge on any atom is 0.343 e. The molecule has 0 radical (unpaired) electrons. The summed E-state index contributed by atoms with van der Waals surface area (Å²) in [4.78, 5) is 34.8. The Labute approximate surface area is 193 Å². The largest absolute Gasteiger partial charge is 0.421 e. The minimum Gasteiger partial charge on any atom is -0.421 e. The van der Waals surface area contributed by atoms with Gasteiger partial charge in [-0.3, -0.25) is 14.9 Å². The Bertz CT molecular complexity index is 1170. The molecule has 0 saturated heterocycles. The van der Waals surface area contributed by atoms with Gasteiger partial charge in [0, 0.05) is 27.7 Å². The van der Waals surface area contributed by atoms with Gasteiger partial charge in [-0.15, -0.1) is 0 Å². The van der Waals surface area contributed by atoms with E-state index in [2.05, 4.69) is 42.4 Å². The Kier molecular flexibility index (Phi) is 7.27. The molecule has 156 valence electrons. The summed E-state index contributed by atoms with van der Waals surface area (Å²) in [6.07, 6.45) is 1.33. The van der Waals surface area contributed by atoms with Gasteiger partial charge in [0.2, 0.25) is 0 Å². The number of carbonyl (C=O) groups is 2. The van der Waals surface area contributed by atoms with Crippen LogP contribution in [0, 0.1) is 10.1 Å². The van der Waals surface area contributed by atoms with Gasteiger partial charge in [0.1, 0.15) is 0 Å². The summed E-state index contributed by atoms with van der Waals surface area (Å²) in [6.45, 7) is 0. The molecule has 31 heavy (non-hydrogen) atoms. The van der Waals surface area contributed by atoms with Crippen LogP contribution >= 0.6 is 31.9 Å². The van der Waals surface area contributed by atoms with E-state index in [-0.39, 0.29) is 17.0 Å². The normalized spacial score (nSPS) is 10.6. The van der Waals surface area contributed by atoms with Gasteiger partial charge in [0.15, 0.2) is 5.75 Å². The molecular formula is C21H13Br2N3O5. The summed E-state index contributed by atoms with van der Waals surface area (Å²) >= 11 is 6.72. The molecule has 0 fully saturated rings. The van der Waals surface area contributed by atoms with Gasteiger partial charge in [-0.2, -0.15) is 5.10 Å². The second-order valence-electron chi connectivity index (χ2n) is 6.06. The highest BCUT2D eigenvalue weighted by molar-refractivity contribution is 9.11. The molecule has 0 aliphatic rings. The van der Waals surface area contributed by atoms with E-state index in [4.69, 9.17) is 4.74 Å². The molecule has 0 saturated carbocycles. The highest BCUT2D eigenvalue weighted by Gasteiger charge is 2.15. The van der Waals surface area contributed by atoms with Crippen LogP contribution in [0.25, 0.3) is 0 Å². The zero-order valence-corrected chi connectivity index (χ0v) is 18.8. The second-order valence-corrected chi connectivity index (χ2v) is 7.83. The Balaban J connectivity index is 1.77. The van der Waals surface area contributed by atoms with E-state index in [1.54, 1.807) is 42.5 Å². The summed E-state index contributed by atoms with van der Waals surface area (Å²) in [5.74, 6) is -0.874. The molecule has 0 heterocycles. The predicted molar refractivity (Wildman–Crippen MR) is 121 cm³/mol. The summed E-state index contributed by atoms with van der Waals surface area (Å²) < 4.78 is 6.73. The standard InChI is InChI=1S/C21H13Br2N3O5/c22-16-10-15(12-24-25-20(27)13-6-8-17(9-7-13)26(29)30)19(18(23)11-16)31-21(28)14-4-2-1-3-5-14/h1-12H,(H,25,27)/b24-12+. The number of rotatable bonds is 6. The maximum absolute atomic E-state index is 12.4. The lowest BCUT2D eigenvalue weighted by atomic mass is 10.2. The average Bonchev–Trinajstić information content (AvgIpc) is 2.76. The van der Waals surface area contributed by atoms with Gasteiger partial charge in [0.05, 0.1) is 21.2 Å². The number of hydrogen-bond acceptors (Lipinski definition) is 6. The molecule has 0 aliphatic heterocycles. The molecule has 3 rings (SSSR count). The van der Waals surface area contributed by atoms with Crippen LogP contribution in [0.5, 0.6) is 5.75 Å². The van der Waals surface area contributed by atoms with Crippen molar-refractivity contribution < 1.29 is 19.2 Å². The van der Waals surface area contributed by atoms with Crippen LogP contribution in [-0.4, -0.2) is 23.0 Å². The van der Waals surface area contributed by atoms with Crippen LogP contribution in [0.4, 0.5) is 5.69 Å². The monoisotopic (exact) mass is 545 g/mol. The molecule has 0 atom stereocenters. The maximum atomic E-state index is 12.4. The quantitative estimate of drug-likeness (QED) is 0.152. The van der Waals surface area contributed by atoms with Crippen LogP contribution < -0.4 is 10.2 Å². The van der Waals surface area contributed by atoms with Crippen molar-refractivity contribution in [3.63, 3.8) is 0 Å². The Morgan fingerprint density at radius 1 is 1.00 bits per heavy atom. The van der Waals surface area contributed by atoms with E-state index in [9.17, 15) is 19.7 Å². The first-order valence-electron chi connectivity index (χ1n) is 8.69. The lowest BCUT2D eigenvalue weighted by molar-refractivity contribution is -0.384. The predicted octanol–water partition coefficient (Wildman–Crippen LogP) is 5.10. The van der Waals surface area contributed by atoms with Crippen LogP contribution in [0.15, 0.2) is 80.8 Å². The number of esters is 1. The van der Waals surface area contributed by atoms with Gasteiger partial charge < -0.3 is 4.74 Å². The minimum absolute atomic E-state index is 0.121. The molecule has 1 N–H and O–H groups in total. The van der Waals surface area contributed by atoms with Crippen molar-refractivity contribution in [2.45, 2.75) is 0 Å². The van der Waals surface area contributed by atoms with Crippen LogP contribution in [0.3, 0.4) is 0 Å². The van der Waals surface area contributed by atoms with E-state index < -0.39 is 16.8 Å². The van der Waals surface area contributed by atoms with Crippen LogP contribution in [-0.2, 0) is 0 Å². The van der Waals surface area contributed by atoms with E-state index in [1.807, 2.05) is 0 Å². The zero-order chi connectivity index (χ0) is 22.4. The van der Waals surface area contributed by atoms with Crippen molar-refractivity contribution in [3.05, 3.63) is 102 Å². The molecule has 3 aromatic carbocycles. The molecule has 1 amide bonds. The van der Waals surface area contributed by atoms with Crippen molar-refractivity contribution in [3.8, 4) is 5.75 Å². The number of nitro groups is 1. The number of hydrazone groups is 1. The van der Waals surface area contributed by atoms with Gasteiger partial charge in [-0.1, -0.05) is 34.1 Å². The summed E-state index contributed by atoms with van der Waals surface area (Å²) in [7, 11) is 0. The SMILES string of the molecule is O=C(N/N=C/c1cc(Br)cc(Br)c1OC(=O)c1ccccc1)c1ccc([N+](=O)[O-])cc1. The van der Waals surface area contributed by atoms with Gasteiger partial charge in [-0.25, -0.2) is 10.2 Å². The minimum atomic E-state index is -0.553. The summed E-state index contributed by atoms with van der Waals surface area (Å²) in [5, 5.41) is 14.6. The fraction of sp³-hybridized carbons (Fsp3) is 0. The van der Waals surface area contributed by atoms with Gasteiger partial charge >= 0.3 is 5.97 Å². The highest BCUT2D eigenvalue weighted by Crippen LogP contribution is 2.32. The van der Waals surface area contributed by atoms with Crippen molar-refractivity contribution in [1.29, 1.82) is 0 Å². The lowest BCUT2D eigenvalue weighted by Crippen LogP contribution is -2.17. The lowest BCUT2D eigenvalue weighted by Gasteiger charge is -2.10. The molecule has 10 heteroatoms. The first-order chi connectivity index (χ1) is 14.8. The average molecular weight is 547 g/mol. The number of carbonyl (C=O) groups excluding carboxylic acids is 2. The molecule has 3 aromatic rings. The van der Waals surface area contributed by atoms with E-state index in [1.165, 1.54) is 30.5 Å².